The largest absolute Gasteiger partial charge is 0.393 e. The Hall–Kier alpha value is -0.680. The maximum absolute atomic E-state index is 11.7. The molecule has 0 aromatic rings. The van der Waals surface area contributed by atoms with Gasteiger partial charge in [-0.3, -0.25) is 4.79 Å². The van der Waals surface area contributed by atoms with Crippen molar-refractivity contribution in [2.24, 2.45) is 5.73 Å². The van der Waals surface area contributed by atoms with Crippen molar-refractivity contribution >= 4 is 23.1 Å². The van der Waals surface area contributed by atoms with E-state index in [0.29, 0.717) is 24.4 Å². The predicted molar refractivity (Wildman–Crippen MR) is 71.4 cm³/mol. The number of carbonyl (C=O) groups excluding carboxylic acids is 1. The Bertz CT molecular complexity index is 233. The van der Waals surface area contributed by atoms with Crippen molar-refractivity contribution in [3.05, 3.63) is 0 Å². The summed E-state index contributed by atoms with van der Waals surface area (Å²) in [6.45, 7) is 4.59. The molecule has 1 amide bonds. The molecule has 0 aliphatic heterocycles. The van der Waals surface area contributed by atoms with Crippen LogP contribution in [0.15, 0.2) is 0 Å². The number of thiocarbonyl (C=S) groups is 1. The van der Waals surface area contributed by atoms with Crippen molar-refractivity contribution in [3.8, 4) is 0 Å². The Labute approximate surface area is 104 Å². The van der Waals surface area contributed by atoms with E-state index in [-0.39, 0.29) is 5.91 Å². The van der Waals surface area contributed by atoms with Crippen LogP contribution in [0.2, 0.25) is 0 Å². The van der Waals surface area contributed by atoms with Crippen molar-refractivity contribution in [1.29, 1.82) is 0 Å². The third-order valence-electron chi connectivity index (χ3n) is 2.43. The van der Waals surface area contributed by atoms with Crippen LogP contribution in [0.25, 0.3) is 0 Å². The van der Waals surface area contributed by atoms with Crippen molar-refractivity contribution in [2.75, 3.05) is 33.7 Å². The van der Waals surface area contributed by atoms with E-state index in [4.69, 9.17) is 18.0 Å². The van der Waals surface area contributed by atoms with Crippen LogP contribution in [0, 0.1) is 0 Å². The van der Waals surface area contributed by atoms with Gasteiger partial charge < -0.3 is 15.5 Å². The molecule has 0 saturated heterocycles. The zero-order valence-electron chi connectivity index (χ0n) is 10.5. The van der Waals surface area contributed by atoms with E-state index in [2.05, 4.69) is 11.8 Å². The van der Waals surface area contributed by atoms with E-state index in [1.807, 2.05) is 7.05 Å². The first-order valence-corrected chi connectivity index (χ1v) is 6.09. The van der Waals surface area contributed by atoms with Crippen LogP contribution >= 0.6 is 12.2 Å². The molecule has 0 spiro atoms. The number of carbonyl (C=O) groups is 1. The molecular weight excluding hydrogens is 222 g/mol. The van der Waals surface area contributed by atoms with Crippen molar-refractivity contribution in [2.45, 2.75) is 26.2 Å². The van der Waals surface area contributed by atoms with Gasteiger partial charge in [-0.1, -0.05) is 19.1 Å². The SMILES string of the molecule is CCCN(C)CCC(=O)N(C)CCC(N)=S. The minimum Gasteiger partial charge on any atom is -0.393 e. The molecule has 0 unspecified atom stereocenters. The zero-order chi connectivity index (χ0) is 12.6. The fourth-order valence-corrected chi connectivity index (χ4v) is 1.46. The van der Waals surface area contributed by atoms with Gasteiger partial charge in [-0.2, -0.15) is 0 Å². The molecule has 0 bridgehead atoms. The molecule has 4 nitrogen and oxygen atoms in total. The second kappa shape index (κ2) is 8.47. The zero-order valence-corrected chi connectivity index (χ0v) is 11.3. The number of amides is 1. The average molecular weight is 245 g/mol. The second-order valence-corrected chi connectivity index (χ2v) is 4.61. The summed E-state index contributed by atoms with van der Waals surface area (Å²) in [7, 11) is 3.83. The second-order valence-electron chi connectivity index (χ2n) is 4.08. The molecular formula is C11H23N3OS. The van der Waals surface area contributed by atoms with Crippen LogP contribution in [0.3, 0.4) is 0 Å². The third-order valence-corrected chi connectivity index (χ3v) is 2.64. The van der Waals surface area contributed by atoms with E-state index in [1.54, 1.807) is 11.9 Å². The van der Waals surface area contributed by atoms with Gasteiger partial charge in [0.15, 0.2) is 0 Å². The molecule has 0 heterocycles. The summed E-state index contributed by atoms with van der Waals surface area (Å²) in [5, 5.41) is 0. The summed E-state index contributed by atoms with van der Waals surface area (Å²) >= 11 is 4.77. The normalized spacial score (nSPS) is 10.5. The first kappa shape index (κ1) is 15.3. The monoisotopic (exact) mass is 245 g/mol. The van der Waals surface area contributed by atoms with Gasteiger partial charge in [0, 0.05) is 33.0 Å². The summed E-state index contributed by atoms with van der Waals surface area (Å²) < 4.78 is 0. The number of hydrogen-bond acceptors (Lipinski definition) is 3. The molecule has 5 heteroatoms. The Morgan fingerprint density at radius 2 is 1.81 bits per heavy atom. The Morgan fingerprint density at radius 3 is 2.31 bits per heavy atom. The van der Waals surface area contributed by atoms with Crippen LogP contribution in [-0.4, -0.2) is 54.4 Å². The smallest absolute Gasteiger partial charge is 0.223 e. The van der Waals surface area contributed by atoms with Crippen molar-refractivity contribution in [1.82, 2.24) is 9.80 Å². The maximum atomic E-state index is 11.7. The summed E-state index contributed by atoms with van der Waals surface area (Å²) in [4.78, 5) is 16.0. The minimum absolute atomic E-state index is 0.152. The van der Waals surface area contributed by atoms with Gasteiger partial charge in [0.2, 0.25) is 5.91 Å². The van der Waals surface area contributed by atoms with Gasteiger partial charge in [-0.25, -0.2) is 0 Å². The predicted octanol–water partition coefficient (Wildman–Crippen LogP) is 0.853. The lowest BCUT2D eigenvalue weighted by Gasteiger charge is -2.19. The highest BCUT2D eigenvalue weighted by Gasteiger charge is 2.09. The van der Waals surface area contributed by atoms with E-state index in [0.717, 1.165) is 19.5 Å². The lowest BCUT2D eigenvalue weighted by molar-refractivity contribution is -0.130. The van der Waals surface area contributed by atoms with Gasteiger partial charge in [0.1, 0.15) is 0 Å². The Kier molecular flexibility index (Phi) is 8.11. The first-order valence-electron chi connectivity index (χ1n) is 5.68. The average Bonchev–Trinajstić information content (AvgIpc) is 2.22. The van der Waals surface area contributed by atoms with Crippen LogP contribution in [0.1, 0.15) is 26.2 Å². The Balaban J connectivity index is 3.74. The fourth-order valence-electron chi connectivity index (χ4n) is 1.37. The van der Waals surface area contributed by atoms with E-state index >= 15 is 0 Å². The van der Waals surface area contributed by atoms with Crippen LogP contribution in [0.5, 0.6) is 0 Å². The molecule has 2 N–H and O–H groups in total. The topological polar surface area (TPSA) is 49.6 Å². The summed E-state index contributed by atoms with van der Waals surface area (Å²) in [5.41, 5.74) is 5.39. The lowest BCUT2D eigenvalue weighted by Crippen LogP contribution is -2.33. The van der Waals surface area contributed by atoms with Crippen molar-refractivity contribution in [3.63, 3.8) is 0 Å². The molecule has 0 aromatic heterocycles. The molecule has 0 atom stereocenters. The van der Waals surface area contributed by atoms with Gasteiger partial charge in [0.25, 0.3) is 0 Å². The summed E-state index contributed by atoms with van der Waals surface area (Å²) in [6, 6.07) is 0. The highest BCUT2D eigenvalue weighted by atomic mass is 32.1. The molecule has 0 aliphatic carbocycles. The number of nitrogens with two attached hydrogens (primary N) is 1. The fraction of sp³-hybridized carbons (Fsp3) is 0.818. The summed E-state index contributed by atoms with van der Waals surface area (Å²) in [6.07, 6.45) is 2.27. The van der Waals surface area contributed by atoms with Crippen molar-refractivity contribution < 1.29 is 4.79 Å². The maximum Gasteiger partial charge on any atom is 0.223 e. The third kappa shape index (κ3) is 7.59. The van der Waals surface area contributed by atoms with Gasteiger partial charge >= 0.3 is 0 Å². The minimum atomic E-state index is 0.152. The number of nitrogens with zero attached hydrogens (tertiary/aromatic N) is 2. The first-order chi connectivity index (χ1) is 7.47. The molecule has 94 valence electrons. The van der Waals surface area contributed by atoms with Crippen LogP contribution < -0.4 is 5.73 Å². The highest BCUT2D eigenvalue weighted by Crippen LogP contribution is 1.96. The van der Waals surface area contributed by atoms with Gasteiger partial charge in [-0.05, 0) is 20.0 Å². The molecule has 0 saturated carbocycles. The molecule has 0 aliphatic rings. The summed E-state index contributed by atoms with van der Waals surface area (Å²) in [5.74, 6) is 0.152. The van der Waals surface area contributed by atoms with Crippen LogP contribution in [-0.2, 0) is 4.79 Å². The van der Waals surface area contributed by atoms with E-state index in [1.165, 1.54) is 0 Å². The highest BCUT2D eigenvalue weighted by molar-refractivity contribution is 7.80. The lowest BCUT2D eigenvalue weighted by atomic mass is 10.3. The number of hydrogen-bond donors (Lipinski definition) is 1. The molecule has 0 fully saturated rings. The standard InChI is InChI=1S/C11H23N3OS/c1-4-7-13(2)8-6-11(15)14(3)9-5-10(12)16/h4-9H2,1-3H3,(H2,12,16). The molecule has 0 radical (unpaired) electrons. The quantitative estimate of drug-likeness (QED) is 0.644. The van der Waals surface area contributed by atoms with Gasteiger partial charge in [0.05, 0.1) is 4.99 Å². The molecule has 0 aromatic carbocycles. The number of rotatable bonds is 8. The van der Waals surface area contributed by atoms with E-state index < -0.39 is 0 Å². The van der Waals surface area contributed by atoms with E-state index in [9.17, 15) is 4.79 Å². The molecule has 16 heavy (non-hydrogen) atoms. The van der Waals surface area contributed by atoms with Crippen LogP contribution in [0.4, 0.5) is 0 Å². The Morgan fingerprint density at radius 1 is 1.19 bits per heavy atom. The van der Waals surface area contributed by atoms with Gasteiger partial charge in [-0.15, -0.1) is 0 Å². The molecule has 0 rings (SSSR count).